The SMILES string of the molecule is CCCNC(C)c1ccc(SC)cc1Br. The summed E-state index contributed by atoms with van der Waals surface area (Å²) >= 11 is 5.40. The fraction of sp³-hybridized carbons (Fsp3) is 0.500. The fourth-order valence-corrected chi connectivity index (χ4v) is 2.77. The summed E-state index contributed by atoms with van der Waals surface area (Å²) in [6.07, 6.45) is 3.27. The molecule has 0 heterocycles. The summed E-state index contributed by atoms with van der Waals surface area (Å²) in [6.45, 7) is 5.46. The van der Waals surface area contributed by atoms with E-state index >= 15 is 0 Å². The van der Waals surface area contributed by atoms with Crippen LogP contribution in [-0.4, -0.2) is 12.8 Å². The largest absolute Gasteiger partial charge is 0.310 e. The van der Waals surface area contributed by atoms with Crippen LogP contribution in [-0.2, 0) is 0 Å². The Morgan fingerprint density at radius 1 is 1.47 bits per heavy atom. The highest BCUT2D eigenvalue weighted by atomic mass is 79.9. The maximum absolute atomic E-state index is 3.63. The molecule has 0 fully saturated rings. The van der Waals surface area contributed by atoms with E-state index in [9.17, 15) is 0 Å². The van der Waals surface area contributed by atoms with Gasteiger partial charge in [0.1, 0.15) is 0 Å². The van der Waals surface area contributed by atoms with Crippen molar-refractivity contribution in [3.63, 3.8) is 0 Å². The topological polar surface area (TPSA) is 12.0 Å². The van der Waals surface area contributed by atoms with Crippen LogP contribution in [0.25, 0.3) is 0 Å². The average Bonchev–Trinajstić information content (AvgIpc) is 2.25. The van der Waals surface area contributed by atoms with E-state index in [0.717, 1.165) is 6.54 Å². The number of nitrogens with one attached hydrogen (secondary N) is 1. The van der Waals surface area contributed by atoms with Gasteiger partial charge in [0.25, 0.3) is 0 Å². The molecule has 0 aromatic heterocycles. The molecule has 15 heavy (non-hydrogen) atoms. The van der Waals surface area contributed by atoms with Crippen LogP contribution in [0.4, 0.5) is 0 Å². The molecule has 1 atom stereocenters. The number of rotatable bonds is 5. The summed E-state index contributed by atoms with van der Waals surface area (Å²) in [4.78, 5) is 1.30. The Morgan fingerprint density at radius 2 is 2.20 bits per heavy atom. The van der Waals surface area contributed by atoms with Crippen LogP contribution in [0.3, 0.4) is 0 Å². The predicted molar refractivity (Wildman–Crippen MR) is 72.6 cm³/mol. The Bertz CT molecular complexity index is 314. The monoisotopic (exact) mass is 287 g/mol. The van der Waals surface area contributed by atoms with Crippen LogP contribution in [0, 0.1) is 0 Å². The molecular formula is C12H18BrNS. The quantitative estimate of drug-likeness (QED) is 0.814. The molecular weight excluding hydrogens is 270 g/mol. The molecule has 0 saturated heterocycles. The molecule has 1 unspecified atom stereocenters. The number of hydrogen-bond acceptors (Lipinski definition) is 2. The summed E-state index contributed by atoms with van der Waals surface area (Å²) in [6, 6.07) is 6.97. The summed E-state index contributed by atoms with van der Waals surface area (Å²) in [5, 5.41) is 3.49. The van der Waals surface area contributed by atoms with E-state index in [-0.39, 0.29) is 0 Å². The van der Waals surface area contributed by atoms with Crippen LogP contribution >= 0.6 is 27.7 Å². The van der Waals surface area contributed by atoms with Crippen molar-refractivity contribution >= 4 is 27.7 Å². The van der Waals surface area contributed by atoms with E-state index in [4.69, 9.17) is 0 Å². The second kappa shape index (κ2) is 6.56. The zero-order valence-electron chi connectivity index (χ0n) is 9.51. The van der Waals surface area contributed by atoms with Gasteiger partial charge in [-0.2, -0.15) is 0 Å². The second-order valence-electron chi connectivity index (χ2n) is 3.56. The smallest absolute Gasteiger partial charge is 0.0302 e. The summed E-state index contributed by atoms with van der Waals surface area (Å²) < 4.78 is 1.20. The van der Waals surface area contributed by atoms with Crippen LogP contribution in [0.1, 0.15) is 31.9 Å². The minimum Gasteiger partial charge on any atom is -0.310 e. The van der Waals surface area contributed by atoms with Gasteiger partial charge < -0.3 is 5.32 Å². The van der Waals surface area contributed by atoms with Gasteiger partial charge >= 0.3 is 0 Å². The van der Waals surface area contributed by atoms with Gasteiger partial charge in [0.15, 0.2) is 0 Å². The molecule has 1 rings (SSSR count). The molecule has 0 bridgehead atoms. The highest BCUT2D eigenvalue weighted by Crippen LogP contribution is 2.27. The Morgan fingerprint density at radius 3 is 2.73 bits per heavy atom. The van der Waals surface area contributed by atoms with Crippen LogP contribution in [0.2, 0.25) is 0 Å². The lowest BCUT2D eigenvalue weighted by molar-refractivity contribution is 0.568. The first-order chi connectivity index (χ1) is 7.19. The minimum absolute atomic E-state index is 0.412. The van der Waals surface area contributed by atoms with Crippen molar-refractivity contribution in [1.82, 2.24) is 5.32 Å². The standard InChI is InChI=1S/C12H18BrNS/c1-4-7-14-9(2)11-6-5-10(15-3)8-12(11)13/h5-6,8-9,14H,4,7H2,1-3H3. The maximum Gasteiger partial charge on any atom is 0.0302 e. The molecule has 1 aromatic carbocycles. The van der Waals surface area contributed by atoms with Crippen LogP contribution < -0.4 is 5.32 Å². The van der Waals surface area contributed by atoms with Gasteiger partial charge in [-0.25, -0.2) is 0 Å². The normalized spacial score (nSPS) is 12.8. The molecule has 0 amide bonds. The van der Waals surface area contributed by atoms with Gasteiger partial charge in [-0.1, -0.05) is 28.9 Å². The Kier molecular flexibility index (Phi) is 5.72. The third-order valence-corrected chi connectivity index (χ3v) is 3.79. The molecule has 1 N–H and O–H groups in total. The van der Waals surface area contributed by atoms with Crippen molar-refractivity contribution in [2.45, 2.75) is 31.2 Å². The summed E-state index contributed by atoms with van der Waals surface area (Å²) in [7, 11) is 0. The Hall–Kier alpha value is 0.01000. The third-order valence-electron chi connectivity index (χ3n) is 2.37. The predicted octanol–water partition coefficient (Wildman–Crippen LogP) is 4.23. The first-order valence-electron chi connectivity index (χ1n) is 5.25. The Balaban J connectivity index is 2.76. The third kappa shape index (κ3) is 3.82. The van der Waals surface area contributed by atoms with E-state index in [1.807, 2.05) is 0 Å². The van der Waals surface area contributed by atoms with Crippen molar-refractivity contribution in [2.24, 2.45) is 0 Å². The zero-order valence-corrected chi connectivity index (χ0v) is 11.9. The summed E-state index contributed by atoms with van der Waals surface area (Å²) in [5.41, 5.74) is 1.33. The van der Waals surface area contributed by atoms with Gasteiger partial charge in [0, 0.05) is 15.4 Å². The van der Waals surface area contributed by atoms with E-state index in [1.165, 1.54) is 21.4 Å². The molecule has 0 aliphatic heterocycles. The lowest BCUT2D eigenvalue weighted by atomic mass is 10.1. The number of halogens is 1. The van der Waals surface area contributed by atoms with Crippen molar-refractivity contribution in [3.8, 4) is 0 Å². The lowest BCUT2D eigenvalue weighted by Gasteiger charge is -2.15. The van der Waals surface area contributed by atoms with Gasteiger partial charge in [0.05, 0.1) is 0 Å². The van der Waals surface area contributed by atoms with E-state index < -0.39 is 0 Å². The Labute approximate surface area is 105 Å². The molecule has 0 aliphatic carbocycles. The van der Waals surface area contributed by atoms with Crippen LogP contribution in [0.5, 0.6) is 0 Å². The molecule has 84 valence electrons. The van der Waals surface area contributed by atoms with E-state index in [0.29, 0.717) is 6.04 Å². The average molecular weight is 288 g/mol. The first kappa shape index (κ1) is 13.1. The zero-order chi connectivity index (χ0) is 11.3. The van der Waals surface area contributed by atoms with Crippen molar-refractivity contribution in [2.75, 3.05) is 12.8 Å². The lowest BCUT2D eigenvalue weighted by Crippen LogP contribution is -2.19. The molecule has 0 aliphatic rings. The van der Waals surface area contributed by atoms with Crippen molar-refractivity contribution < 1.29 is 0 Å². The van der Waals surface area contributed by atoms with E-state index in [1.54, 1.807) is 11.8 Å². The van der Waals surface area contributed by atoms with Gasteiger partial charge in [-0.15, -0.1) is 11.8 Å². The second-order valence-corrected chi connectivity index (χ2v) is 5.30. The summed E-state index contributed by atoms with van der Waals surface area (Å²) in [5.74, 6) is 0. The van der Waals surface area contributed by atoms with Gasteiger partial charge in [-0.05, 0) is 43.8 Å². The number of thioether (sulfide) groups is 1. The number of benzene rings is 1. The highest BCUT2D eigenvalue weighted by Gasteiger charge is 2.08. The molecule has 0 saturated carbocycles. The number of hydrogen-bond donors (Lipinski definition) is 1. The van der Waals surface area contributed by atoms with E-state index in [2.05, 4.69) is 59.5 Å². The first-order valence-corrected chi connectivity index (χ1v) is 7.27. The van der Waals surface area contributed by atoms with Gasteiger partial charge in [-0.3, -0.25) is 0 Å². The fourth-order valence-electron chi connectivity index (χ4n) is 1.46. The van der Waals surface area contributed by atoms with Crippen LogP contribution in [0.15, 0.2) is 27.6 Å². The molecule has 0 radical (unpaired) electrons. The molecule has 1 nitrogen and oxygen atoms in total. The van der Waals surface area contributed by atoms with Crippen molar-refractivity contribution in [1.29, 1.82) is 0 Å². The maximum atomic E-state index is 3.63. The minimum atomic E-state index is 0.412. The molecule has 1 aromatic rings. The highest BCUT2D eigenvalue weighted by molar-refractivity contribution is 9.10. The van der Waals surface area contributed by atoms with Gasteiger partial charge in [0.2, 0.25) is 0 Å². The molecule has 3 heteroatoms. The molecule has 0 spiro atoms. The van der Waals surface area contributed by atoms with Crippen molar-refractivity contribution in [3.05, 3.63) is 28.2 Å².